The van der Waals surface area contributed by atoms with Gasteiger partial charge >= 0.3 is 0 Å². The number of nitrogens with zero attached hydrogens (tertiary/aromatic N) is 2. The molecule has 4 rings (SSSR count). The van der Waals surface area contributed by atoms with Gasteiger partial charge in [-0.25, -0.2) is 9.97 Å². The summed E-state index contributed by atoms with van der Waals surface area (Å²) in [5.41, 5.74) is 2.78. The van der Waals surface area contributed by atoms with Crippen molar-refractivity contribution >= 4 is 22.4 Å². The highest BCUT2D eigenvalue weighted by atomic mass is 35.5. The molecule has 2 aromatic carbocycles. The lowest BCUT2D eigenvalue weighted by Gasteiger charge is -2.11. The molecule has 0 aliphatic carbocycles. The number of benzene rings is 2. The van der Waals surface area contributed by atoms with E-state index in [9.17, 15) is 0 Å². The van der Waals surface area contributed by atoms with E-state index in [1.807, 2.05) is 48.5 Å². The molecule has 4 heteroatoms. The van der Waals surface area contributed by atoms with Gasteiger partial charge in [-0.05, 0) is 10.9 Å². The zero-order valence-electron chi connectivity index (χ0n) is 11.6. The molecule has 2 heterocycles. The second-order valence-electron chi connectivity index (χ2n) is 4.98. The quantitative estimate of drug-likeness (QED) is 0.533. The van der Waals surface area contributed by atoms with Crippen LogP contribution < -0.4 is 0 Å². The van der Waals surface area contributed by atoms with E-state index in [1.54, 1.807) is 12.4 Å². The van der Waals surface area contributed by atoms with Gasteiger partial charge in [0.05, 0.1) is 0 Å². The van der Waals surface area contributed by atoms with E-state index in [0.29, 0.717) is 5.15 Å². The van der Waals surface area contributed by atoms with E-state index in [1.165, 1.54) is 0 Å². The average molecular weight is 306 g/mol. The summed E-state index contributed by atoms with van der Waals surface area (Å²) in [6.07, 6.45) is 3.50. The second kappa shape index (κ2) is 5.28. The fourth-order valence-electron chi connectivity index (χ4n) is 2.69. The van der Waals surface area contributed by atoms with Crippen LogP contribution in [0.15, 0.2) is 67.0 Å². The minimum atomic E-state index is 0.483. The van der Waals surface area contributed by atoms with Crippen LogP contribution in [-0.4, -0.2) is 15.0 Å². The first-order chi connectivity index (χ1) is 10.8. The van der Waals surface area contributed by atoms with Crippen LogP contribution in [0.4, 0.5) is 0 Å². The lowest BCUT2D eigenvalue weighted by atomic mass is 9.99. The Bertz CT molecular complexity index is 931. The van der Waals surface area contributed by atoms with Gasteiger partial charge in [0.25, 0.3) is 0 Å². The first-order valence-electron chi connectivity index (χ1n) is 6.98. The zero-order valence-corrected chi connectivity index (χ0v) is 12.4. The second-order valence-corrected chi connectivity index (χ2v) is 5.33. The molecule has 0 aliphatic heterocycles. The van der Waals surface area contributed by atoms with E-state index in [2.05, 4.69) is 21.0 Å². The molecule has 0 amide bonds. The summed E-state index contributed by atoms with van der Waals surface area (Å²) < 4.78 is 0. The highest BCUT2D eigenvalue weighted by Crippen LogP contribution is 2.37. The number of hydrogen-bond acceptors (Lipinski definition) is 2. The number of fused-ring (bicyclic) bond motifs is 1. The molecule has 1 N–H and O–H groups in total. The molecule has 2 aromatic heterocycles. The molecule has 4 aromatic rings. The van der Waals surface area contributed by atoms with E-state index in [0.717, 1.165) is 33.4 Å². The Balaban J connectivity index is 2.09. The first kappa shape index (κ1) is 13.0. The number of rotatable bonds is 2. The number of aromatic amines is 1. The summed E-state index contributed by atoms with van der Waals surface area (Å²) in [7, 11) is 0. The Morgan fingerprint density at radius 1 is 0.864 bits per heavy atom. The van der Waals surface area contributed by atoms with E-state index >= 15 is 0 Å². The van der Waals surface area contributed by atoms with Gasteiger partial charge in [0.2, 0.25) is 0 Å². The van der Waals surface area contributed by atoms with Crippen molar-refractivity contribution in [1.82, 2.24) is 15.0 Å². The highest BCUT2D eigenvalue weighted by Gasteiger charge is 2.16. The molecule has 3 nitrogen and oxygen atoms in total. The summed E-state index contributed by atoms with van der Waals surface area (Å²) in [5.74, 6) is 0.720. The molecule has 106 valence electrons. The van der Waals surface area contributed by atoms with Crippen LogP contribution in [0.3, 0.4) is 0 Å². The fourth-order valence-corrected chi connectivity index (χ4v) is 2.98. The number of H-pyrrole nitrogens is 1. The van der Waals surface area contributed by atoms with E-state index in [-0.39, 0.29) is 0 Å². The molecule has 0 saturated heterocycles. The third-order valence-corrected chi connectivity index (χ3v) is 3.93. The van der Waals surface area contributed by atoms with E-state index < -0.39 is 0 Å². The van der Waals surface area contributed by atoms with Crippen LogP contribution in [0.2, 0.25) is 5.15 Å². The minimum absolute atomic E-state index is 0.483. The Kier molecular flexibility index (Phi) is 3.13. The number of imidazole rings is 1. The van der Waals surface area contributed by atoms with Gasteiger partial charge in [0.1, 0.15) is 10.8 Å². The largest absolute Gasteiger partial charge is 0.343 e. The summed E-state index contributed by atoms with van der Waals surface area (Å²) >= 11 is 6.51. The van der Waals surface area contributed by atoms with Crippen LogP contribution in [0, 0.1) is 0 Å². The zero-order chi connectivity index (χ0) is 14.9. The molecule has 0 saturated carbocycles. The third kappa shape index (κ3) is 2.07. The van der Waals surface area contributed by atoms with Gasteiger partial charge < -0.3 is 4.98 Å². The van der Waals surface area contributed by atoms with Crippen molar-refractivity contribution in [3.8, 4) is 22.6 Å². The highest BCUT2D eigenvalue weighted by molar-refractivity contribution is 6.34. The van der Waals surface area contributed by atoms with E-state index in [4.69, 9.17) is 11.6 Å². The van der Waals surface area contributed by atoms with Gasteiger partial charge in [0.15, 0.2) is 5.82 Å². The summed E-state index contributed by atoms with van der Waals surface area (Å²) in [5, 5.41) is 2.58. The Hall–Kier alpha value is -2.65. The van der Waals surface area contributed by atoms with Crippen LogP contribution in [0.25, 0.3) is 33.4 Å². The van der Waals surface area contributed by atoms with Crippen LogP contribution in [0.1, 0.15) is 0 Å². The smallest absolute Gasteiger partial charge is 0.156 e. The monoisotopic (exact) mass is 305 g/mol. The number of nitrogens with one attached hydrogen (secondary N) is 1. The van der Waals surface area contributed by atoms with Gasteiger partial charge in [-0.2, -0.15) is 0 Å². The van der Waals surface area contributed by atoms with Crippen LogP contribution in [-0.2, 0) is 0 Å². The van der Waals surface area contributed by atoms with Crippen molar-refractivity contribution in [3.05, 3.63) is 72.1 Å². The molecule has 0 unspecified atom stereocenters. The fraction of sp³-hybridized carbons (Fsp3) is 0. The topological polar surface area (TPSA) is 41.6 Å². The number of aromatic nitrogens is 3. The van der Waals surface area contributed by atoms with Crippen molar-refractivity contribution in [1.29, 1.82) is 0 Å². The maximum absolute atomic E-state index is 6.51. The molecule has 0 bridgehead atoms. The standard InChI is InChI=1S/C18H12ClN3/c19-17-15(12-6-2-1-3-7-12)13-8-4-5-9-14(13)16(22-17)18-20-10-11-21-18/h1-11H,(H,20,21). The molecule has 22 heavy (non-hydrogen) atoms. The Morgan fingerprint density at radius 2 is 1.59 bits per heavy atom. The molecule has 0 fully saturated rings. The van der Waals surface area contributed by atoms with Gasteiger partial charge in [0, 0.05) is 23.3 Å². The van der Waals surface area contributed by atoms with Gasteiger partial charge in [-0.3, -0.25) is 0 Å². The summed E-state index contributed by atoms with van der Waals surface area (Å²) in [6.45, 7) is 0. The lowest BCUT2D eigenvalue weighted by molar-refractivity contribution is 1.24. The number of pyridine rings is 1. The molecular formula is C18H12ClN3. The average Bonchev–Trinajstić information content (AvgIpc) is 3.09. The SMILES string of the molecule is Clc1nc(-c2ncc[nH]2)c2ccccc2c1-c1ccccc1. The Morgan fingerprint density at radius 3 is 2.32 bits per heavy atom. The summed E-state index contributed by atoms with van der Waals surface area (Å²) in [6, 6.07) is 18.2. The molecule has 0 spiro atoms. The van der Waals surface area contributed by atoms with Gasteiger partial charge in [-0.1, -0.05) is 66.2 Å². The van der Waals surface area contributed by atoms with Gasteiger partial charge in [-0.15, -0.1) is 0 Å². The van der Waals surface area contributed by atoms with Crippen LogP contribution in [0.5, 0.6) is 0 Å². The normalized spacial score (nSPS) is 11.0. The van der Waals surface area contributed by atoms with Crippen LogP contribution >= 0.6 is 11.6 Å². The maximum Gasteiger partial charge on any atom is 0.156 e. The lowest BCUT2D eigenvalue weighted by Crippen LogP contribution is -1.93. The van der Waals surface area contributed by atoms with Crippen molar-refractivity contribution in [2.24, 2.45) is 0 Å². The summed E-state index contributed by atoms with van der Waals surface area (Å²) in [4.78, 5) is 12.0. The molecule has 0 aliphatic rings. The third-order valence-electron chi connectivity index (χ3n) is 3.65. The predicted octanol–water partition coefficient (Wildman–Crippen LogP) is 4.95. The van der Waals surface area contributed by atoms with Crippen molar-refractivity contribution in [2.75, 3.05) is 0 Å². The molecule has 0 atom stereocenters. The Labute approximate surface area is 132 Å². The maximum atomic E-state index is 6.51. The number of hydrogen-bond donors (Lipinski definition) is 1. The van der Waals surface area contributed by atoms with Crippen molar-refractivity contribution < 1.29 is 0 Å². The minimum Gasteiger partial charge on any atom is -0.343 e. The van der Waals surface area contributed by atoms with Crippen molar-refractivity contribution in [3.63, 3.8) is 0 Å². The predicted molar refractivity (Wildman–Crippen MR) is 89.8 cm³/mol. The molecule has 0 radical (unpaired) electrons. The first-order valence-corrected chi connectivity index (χ1v) is 7.36. The molecular weight excluding hydrogens is 294 g/mol. The number of halogens is 1. The van der Waals surface area contributed by atoms with Crippen molar-refractivity contribution in [2.45, 2.75) is 0 Å².